The standard InChI is InChI=1S/C14H19N5O/c1-3-7-16-13-17-12(18-14(19-13)20-4-2)10-11-5-8-15-9-6-11/h5-6,8-9H,3-4,7,10H2,1-2H3,(H,16,17,18,19). The van der Waals surface area contributed by atoms with Crippen molar-refractivity contribution in [3.63, 3.8) is 0 Å². The summed E-state index contributed by atoms with van der Waals surface area (Å²) in [6.45, 7) is 5.36. The molecular formula is C14H19N5O. The highest BCUT2D eigenvalue weighted by molar-refractivity contribution is 5.27. The van der Waals surface area contributed by atoms with Crippen LogP contribution in [-0.4, -0.2) is 33.1 Å². The molecule has 2 rings (SSSR count). The van der Waals surface area contributed by atoms with E-state index in [1.54, 1.807) is 12.4 Å². The number of rotatable bonds is 7. The quantitative estimate of drug-likeness (QED) is 0.832. The molecule has 0 aliphatic carbocycles. The molecule has 0 amide bonds. The minimum Gasteiger partial charge on any atom is -0.464 e. The van der Waals surface area contributed by atoms with Crippen LogP contribution in [0.15, 0.2) is 24.5 Å². The summed E-state index contributed by atoms with van der Waals surface area (Å²) in [4.78, 5) is 17.0. The lowest BCUT2D eigenvalue weighted by atomic mass is 10.2. The van der Waals surface area contributed by atoms with E-state index >= 15 is 0 Å². The third kappa shape index (κ3) is 4.15. The van der Waals surface area contributed by atoms with E-state index in [9.17, 15) is 0 Å². The molecule has 0 atom stereocenters. The lowest BCUT2D eigenvalue weighted by Crippen LogP contribution is -2.10. The molecule has 0 radical (unpaired) electrons. The number of nitrogens with one attached hydrogen (secondary N) is 1. The maximum absolute atomic E-state index is 5.39. The maximum Gasteiger partial charge on any atom is 0.321 e. The third-order valence-corrected chi connectivity index (χ3v) is 2.58. The second-order valence-corrected chi connectivity index (χ2v) is 4.25. The lowest BCUT2D eigenvalue weighted by Gasteiger charge is -2.08. The summed E-state index contributed by atoms with van der Waals surface area (Å²) in [6.07, 6.45) is 5.16. The number of ether oxygens (including phenoxy) is 1. The first-order valence-electron chi connectivity index (χ1n) is 6.82. The number of anilines is 1. The summed E-state index contributed by atoms with van der Waals surface area (Å²) >= 11 is 0. The molecule has 0 spiro atoms. The van der Waals surface area contributed by atoms with Crippen molar-refractivity contribution in [1.29, 1.82) is 0 Å². The highest BCUT2D eigenvalue weighted by atomic mass is 16.5. The molecular weight excluding hydrogens is 254 g/mol. The molecule has 0 bridgehead atoms. The zero-order valence-electron chi connectivity index (χ0n) is 11.8. The minimum atomic E-state index is 0.366. The van der Waals surface area contributed by atoms with Gasteiger partial charge in [0, 0.05) is 25.4 Å². The predicted octanol–water partition coefficient (Wildman–Crippen LogP) is 2.08. The smallest absolute Gasteiger partial charge is 0.321 e. The van der Waals surface area contributed by atoms with Crippen molar-refractivity contribution in [2.24, 2.45) is 0 Å². The Bertz CT molecular complexity index is 532. The Kier molecular flexibility index (Phi) is 5.23. The van der Waals surface area contributed by atoms with Crippen LogP contribution < -0.4 is 10.1 Å². The lowest BCUT2D eigenvalue weighted by molar-refractivity contribution is 0.310. The molecule has 2 aromatic rings. The van der Waals surface area contributed by atoms with E-state index < -0.39 is 0 Å². The normalized spacial score (nSPS) is 10.3. The number of aromatic nitrogens is 4. The van der Waals surface area contributed by atoms with Gasteiger partial charge in [0.25, 0.3) is 0 Å². The molecule has 0 unspecified atom stereocenters. The fourth-order valence-corrected chi connectivity index (χ4v) is 1.67. The van der Waals surface area contributed by atoms with Crippen LogP contribution in [0.5, 0.6) is 6.01 Å². The predicted molar refractivity (Wildman–Crippen MR) is 76.8 cm³/mol. The first-order chi connectivity index (χ1) is 9.81. The van der Waals surface area contributed by atoms with E-state index in [1.165, 1.54) is 0 Å². The van der Waals surface area contributed by atoms with Crippen molar-refractivity contribution in [2.75, 3.05) is 18.5 Å². The van der Waals surface area contributed by atoms with Crippen molar-refractivity contribution >= 4 is 5.95 Å². The Morgan fingerprint density at radius 1 is 1.10 bits per heavy atom. The fraction of sp³-hybridized carbons (Fsp3) is 0.429. The summed E-state index contributed by atoms with van der Waals surface area (Å²) in [5.74, 6) is 1.25. The van der Waals surface area contributed by atoms with Gasteiger partial charge in [-0.25, -0.2) is 0 Å². The Hall–Kier alpha value is -2.24. The minimum absolute atomic E-state index is 0.366. The van der Waals surface area contributed by atoms with E-state index in [4.69, 9.17) is 4.74 Å². The van der Waals surface area contributed by atoms with Gasteiger partial charge in [0.1, 0.15) is 5.82 Å². The molecule has 0 aliphatic rings. The van der Waals surface area contributed by atoms with Crippen LogP contribution >= 0.6 is 0 Å². The van der Waals surface area contributed by atoms with Gasteiger partial charge in [0.2, 0.25) is 5.95 Å². The summed E-state index contributed by atoms with van der Waals surface area (Å²) in [6, 6.07) is 4.26. The Balaban J connectivity index is 2.19. The van der Waals surface area contributed by atoms with Gasteiger partial charge in [0.05, 0.1) is 6.61 Å². The molecule has 0 aromatic carbocycles. The van der Waals surface area contributed by atoms with Crippen molar-refractivity contribution in [3.8, 4) is 6.01 Å². The Labute approximate surface area is 118 Å². The van der Waals surface area contributed by atoms with Crippen molar-refractivity contribution in [1.82, 2.24) is 19.9 Å². The topological polar surface area (TPSA) is 72.8 Å². The van der Waals surface area contributed by atoms with Gasteiger partial charge in [-0.3, -0.25) is 4.98 Å². The number of nitrogens with zero attached hydrogens (tertiary/aromatic N) is 4. The van der Waals surface area contributed by atoms with Crippen molar-refractivity contribution in [2.45, 2.75) is 26.7 Å². The van der Waals surface area contributed by atoms with E-state index in [0.29, 0.717) is 30.8 Å². The number of pyridine rings is 1. The van der Waals surface area contributed by atoms with Gasteiger partial charge in [-0.1, -0.05) is 6.92 Å². The SMILES string of the molecule is CCCNc1nc(Cc2ccncc2)nc(OCC)n1. The number of hydrogen-bond donors (Lipinski definition) is 1. The molecule has 0 saturated heterocycles. The van der Waals surface area contributed by atoms with Crippen LogP contribution in [-0.2, 0) is 6.42 Å². The molecule has 1 N–H and O–H groups in total. The Morgan fingerprint density at radius 2 is 1.90 bits per heavy atom. The van der Waals surface area contributed by atoms with Crippen LogP contribution in [0.1, 0.15) is 31.7 Å². The van der Waals surface area contributed by atoms with Crippen LogP contribution in [0.3, 0.4) is 0 Å². The summed E-state index contributed by atoms with van der Waals surface area (Å²) < 4.78 is 5.39. The largest absolute Gasteiger partial charge is 0.464 e. The summed E-state index contributed by atoms with van der Waals surface area (Å²) in [5, 5.41) is 3.16. The van der Waals surface area contributed by atoms with Gasteiger partial charge in [-0.05, 0) is 31.0 Å². The van der Waals surface area contributed by atoms with Crippen molar-refractivity contribution in [3.05, 3.63) is 35.9 Å². The van der Waals surface area contributed by atoms with Gasteiger partial charge in [0.15, 0.2) is 0 Å². The first-order valence-corrected chi connectivity index (χ1v) is 6.82. The zero-order chi connectivity index (χ0) is 14.2. The molecule has 0 fully saturated rings. The Morgan fingerprint density at radius 3 is 2.60 bits per heavy atom. The molecule has 0 aliphatic heterocycles. The molecule has 106 valence electrons. The van der Waals surface area contributed by atoms with Crippen molar-refractivity contribution < 1.29 is 4.74 Å². The third-order valence-electron chi connectivity index (χ3n) is 2.58. The second-order valence-electron chi connectivity index (χ2n) is 4.25. The van der Waals surface area contributed by atoms with Crippen LogP contribution in [0.4, 0.5) is 5.95 Å². The highest BCUT2D eigenvalue weighted by Crippen LogP contribution is 2.11. The van der Waals surface area contributed by atoms with E-state index in [0.717, 1.165) is 18.5 Å². The second kappa shape index (κ2) is 7.37. The summed E-state index contributed by atoms with van der Waals surface area (Å²) in [5.41, 5.74) is 1.11. The first kappa shape index (κ1) is 14.2. The van der Waals surface area contributed by atoms with Gasteiger partial charge < -0.3 is 10.1 Å². The van der Waals surface area contributed by atoms with Gasteiger partial charge >= 0.3 is 6.01 Å². The molecule has 0 saturated carbocycles. The van der Waals surface area contributed by atoms with E-state index in [2.05, 4.69) is 32.2 Å². The maximum atomic E-state index is 5.39. The van der Waals surface area contributed by atoms with E-state index in [1.807, 2.05) is 19.1 Å². The average Bonchev–Trinajstić information content (AvgIpc) is 2.46. The number of hydrogen-bond acceptors (Lipinski definition) is 6. The molecule has 6 heteroatoms. The highest BCUT2D eigenvalue weighted by Gasteiger charge is 2.07. The zero-order valence-corrected chi connectivity index (χ0v) is 11.8. The molecule has 6 nitrogen and oxygen atoms in total. The van der Waals surface area contributed by atoms with Crippen LogP contribution in [0, 0.1) is 0 Å². The molecule has 2 aromatic heterocycles. The molecule has 20 heavy (non-hydrogen) atoms. The average molecular weight is 273 g/mol. The summed E-state index contributed by atoms with van der Waals surface area (Å²) in [7, 11) is 0. The van der Waals surface area contributed by atoms with Crippen LogP contribution in [0.2, 0.25) is 0 Å². The van der Waals surface area contributed by atoms with E-state index in [-0.39, 0.29) is 0 Å². The van der Waals surface area contributed by atoms with Crippen LogP contribution in [0.25, 0.3) is 0 Å². The van der Waals surface area contributed by atoms with Gasteiger partial charge in [-0.2, -0.15) is 15.0 Å². The molecule has 2 heterocycles. The fourth-order valence-electron chi connectivity index (χ4n) is 1.67. The van der Waals surface area contributed by atoms with Gasteiger partial charge in [-0.15, -0.1) is 0 Å². The monoisotopic (exact) mass is 273 g/mol.